The Balaban J connectivity index is 1.42. The second-order valence-electron chi connectivity index (χ2n) is 9.10. The third-order valence-corrected chi connectivity index (χ3v) is 8.24. The monoisotopic (exact) mass is 482 g/mol. The topological polar surface area (TPSA) is 49.3 Å². The number of benzene rings is 1. The molecule has 1 fully saturated rings. The minimum Gasteiger partial charge on any atom is -0.352 e. The number of anilines is 1. The highest BCUT2D eigenvalue weighted by molar-refractivity contribution is 7.19. The van der Waals surface area contributed by atoms with Gasteiger partial charge >= 0.3 is 0 Å². The van der Waals surface area contributed by atoms with E-state index in [0.29, 0.717) is 23.7 Å². The molecule has 0 spiro atoms. The summed E-state index contributed by atoms with van der Waals surface area (Å²) < 4.78 is 0. The molecular weight excluding hydrogens is 452 g/mol. The van der Waals surface area contributed by atoms with Gasteiger partial charge in [0.05, 0.1) is 5.39 Å². The molecule has 0 atom stereocenters. The third-order valence-electron chi connectivity index (χ3n) is 6.80. The molecule has 1 aliphatic carbocycles. The van der Waals surface area contributed by atoms with Gasteiger partial charge in [0.25, 0.3) is 5.91 Å². The van der Waals surface area contributed by atoms with Gasteiger partial charge in [-0.15, -0.1) is 11.3 Å². The number of halogens is 1. The van der Waals surface area contributed by atoms with Crippen LogP contribution in [0.4, 0.5) is 5.82 Å². The van der Waals surface area contributed by atoms with Gasteiger partial charge in [-0.05, 0) is 61.9 Å². The summed E-state index contributed by atoms with van der Waals surface area (Å²) in [6.07, 6.45) is 9.31. The van der Waals surface area contributed by atoms with Crippen molar-refractivity contribution in [1.29, 1.82) is 0 Å². The van der Waals surface area contributed by atoms with E-state index in [1.807, 2.05) is 28.4 Å². The first kappa shape index (κ1) is 22.6. The fourth-order valence-corrected chi connectivity index (χ4v) is 6.33. The smallest absolute Gasteiger partial charge is 0.253 e. The number of hydrogen-bond acceptors (Lipinski definition) is 5. The molecule has 3 aromatic rings. The SMILES string of the molecule is CCCCc1nc(N2CCN(C(=O)c3ccc(Cl)cc3)CC2)c2c3c(sc2n1)CCCCC3. The summed E-state index contributed by atoms with van der Waals surface area (Å²) in [6, 6.07) is 7.18. The first-order valence-corrected chi connectivity index (χ1v) is 13.4. The molecule has 1 aromatic carbocycles. The maximum Gasteiger partial charge on any atom is 0.253 e. The van der Waals surface area contributed by atoms with Crippen LogP contribution in [0.25, 0.3) is 10.2 Å². The van der Waals surface area contributed by atoms with E-state index in [9.17, 15) is 4.79 Å². The van der Waals surface area contributed by atoms with E-state index >= 15 is 0 Å². The normalized spacial score (nSPS) is 16.7. The number of amides is 1. The van der Waals surface area contributed by atoms with Crippen LogP contribution in [0, 0.1) is 0 Å². The summed E-state index contributed by atoms with van der Waals surface area (Å²) in [5.41, 5.74) is 2.19. The molecule has 5 nitrogen and oxygen atoms in total. The van der Waals surface area contributed by atoms with Crippen molar-refractivity contribution < 1.29 is 4.79 Å². The number of rotatable bonds is 5. The summed E-state index contributed by atoms with van der Waals surface area (Å²) in [5.74, 6) is 2.15. The van der Waals surface area contributed by atoms with Crippen LogP contribution in [0.1, 0.15) is 65.7 Å². The highest BCUT2D eigenvalue weighted by Crippen LogP contribution is 2.39. The lowest BCUT2D eigenvalue weighted by Crippen LogP contribution is -2.49. The van der Waals surface area contributed by atoms with Crippen molar-refractivity contribution in [2.75, 3.05) is 31.1 Å². The maximum atomic E-state index is 13.0. The summed E-state index contributed by atoms with van der Waals surface area (Å²) in [4.78, 5) is 30.1. The quantitative estimate of drug-likeness (QED) is 0.423. The van der Waals surface area contributed by atoms with Crippen LogP contribution in [-0.2, 0) is 19.3 Å². The minimum absolute atomic E-state index is 0.0761. The van der Waals surface area contributed by atoms with Gasteiger partial charge in [0, 0.05) is 48.1 Å². The van der Waals surface area contributed by atoms with Crippen LogP contribution >= 0.6 is 22.9 Å². The summed E-state index contributed by atoms with van der Waals surface area (Å²) in [6.45, 7) is 5.20. The zero-order chi connectivity index (χ0) is 22.8. The van der Waals surface area contributed by atoms with Gasteiger partial charge in [-0.1, -0.05) is 31.4 Å². The number of fused-ring (bicyclic) bond motifs is 3. The van der Waals surface area contributed by atoms with Crippen molar-refractivity contribution in [2.24, 2.45) is 0 Å². The van der Waals surface area contributed by atoms with Gasteiger partial charge in [-0.2, -0.15) is 0 Å². The van der Waals surface area contributed by atoms with E-state index < -0.39 is 0 Å². The maximum absolute atomic E-state index is 13.0. The van der Waals surface area contributed by atoms with E-state index in [4.69, 9.17) is 21.6 Å². The van der Waals surface area contributed by atoms with Gasteiger partial charge in [0.15, 0.2) is 0 Å². The number of unbranched alkanes of at least 4 members (excludes halogenated alkanes) is 1. The molecule has 0 unspecified atom stereocenters. The van der Waals surface area contributed by atoms with Crippen molar-refractivity contribution in [3.63, 3.8) is 0 Å². The molecule has 33 heavy (non-hydrogen) atoms. The van der Waals surface area contributed by atoms with E-state index in [1.54, 1.807) is 12.1 Å². The number of aryl methyl sites for hydroxylation is 3. The molecule has 174 valence electrons. The number of carbonyl (C=O) groups is 1. The number of carbonyl (C=O) groups excluding carboxylic acids is 1. The van der Waals surface area contributed by atoms with E-state index in [0.717, 1.165) is 55.2 Å². The minimum atomic E-state index is 0.0761. The molecular formula is C26H31ClN4OS. The Hall–Kier alpha value is -2.18. The van der Waals surface area contributed by atoms with Gasteiger partial charge in [0.1, 0.15) is 16.5 Å². The number of thiophene rings is 1. The highest BCUT2D eigenvalue weighted by Gasteiger charge is 2.27. The van der Waals surface area contributed by atoms with Crippen molar-refractivity contribution in [2.45, 2.75) is 58.3 Å². The van der Waals surface area contributed by atoms with Crippen LogP contribution < -0.4 is 4.90 Å². The van der Waals surface area contributed by atoms with Gasteiger partial charge in [0.2, 0.25) is 0 Å². The summed E-state index contributed by atoms with van der Waals surface area (Å²) in [7, 11) is 0. The van der Waals surface area contributed by atoms with Crippen molar-refractivity contribution in [3.05, 3.63) is 51.1 Å². The van der Waals surface area contributed by atoms with E-state index in [2.05, 4.69) is 11.8 Å². The number of piperazine rings is 1. The molecule has 7 heteroatoms. The van der Waals surface area contributed by atoms with Crippen molar-refractivity contribution in [3.8, 4) is 0 Å². The third kappa shape index (κ3) is 4.73. The van der Waals surface area contributed by atoms with Crippen LogP contribution in [0.15, 0.2) is 24.3 Å². The first-order valence-electron chi connectivity index (χ1n) is 12.2. The second kappa shape index (κ2) is 9.98. The lowest BCUT2D eigenvalue weighted by atomic mass is 10.1. The number of hydrogen-bond donors (Lipinski definition) is 0. The lowest BCUT2D eigenvalue weighted by molar-refractivity contribution is 0.0746. The number of aromatic nitrogens is 2. The molecule has 0 saturated carbocycles. The van der Waals surface area contributed by atoms with Crippen molar-refractivity contribution in [1.82, 2.24) is 14.9 Å². The molecule has 1 amide bonds. The van der Waals surface area contributed by atoms with Crippen molar-refractivity contribution >= 4 is 44.9 Å². The standard InChI is InChI=1S/C26H31ClN4OS/c1-2-3-9-22-28-24(23-20-7-5-4-6-8-21(20)33-25(23)29-22)30-14-16-31(17-15-30)26(32)18-10-12-19(27)13-11-18/h10-13H,2-9,14-17H2,1H3. The molecule has 0 bridgehead atoms. The van der Waals surface area contributed by atoms with Gasteiger partial charge in [-0.25, -0.2) is 9.97 Å². The largest absolute Gasteiger partial charge is 0.352 e. The van der Waals surface area contributed by atoms with Crippen LogP contribution in [-0.4, -0.2) is 47.0 Å². The Labute approximate surface area is 204 Å². The molecule has 3 heterocycles. The first-order chi connectivity index (χ1) is 16.1. The predicted octanol–water partition coefficient (Wildman–Crippen LogP) is 5.92. The molecule has 1 saturated heterocycles. The van der Waals surface area contributed by atoms with Gasteiger partial charge in [-0.3, -0.25) is 4.79 Å². The Morgan fingerprint density at radius 1 is 1.03 bits per heavy atom. The highest BCUT2D eigenvalue weighted by atomic mass is 35.5. The fraction of sp³-hybridized carbons (Fsp3) is 0.500. The van der Waals surface area contributed by atoms with Crippen LogP contribution in [0.2, 0.25) is 5.02 Å². The van der Waals surface area contributed by atoms with E-state index in [1.165, 1.54) is 41.5 Å². The Kier molecular flexibility index (Phi) is 6.84. The van der Waals surface area contributed by atoms with E-state index in [-0.39, 0.29) is 5.91 Å². The van der Waals surface area contributed by atoms with Gasteiger partial charge < -0.3 is 9.80 Å². The lowest BCUT2D eigenvalue weighted by Gasteiger charge is -2.36. The molecule has 1 aliphatic heterocycles. The average molecular weight is 483 g/mol. The van der Waals surface area contributed by atoms with Crippen LogP contribution in [0.5, 0.6) is 0 Å². The molecule has 2 aromatic heterocycles. The molecule has 5 rings (SSSR count). The predicted molar refractivity (Wildman–Crippen MR) is 137 cm³/mol. The molecule has 2 aliphatic rings. The zero-order valence-electron chi connectivity index (χ0n) is 19.3. The second-order valence-corrected chi connectivity index (χ2v) is 10.6. The fourth-order valence-electron chi connectivity index (χ4n) is 4.93. The molecule has 0 N–H and O–H groups in total. The summed E-state index contributed by atoms with van der Waals surface area (Å²) in [5, 5.41) is 1.94. The Bertz CT molecular complexity index is 1140. The average Bonchev–Trinajstić information content (AvgIpc) is 3.03. The molecule has 0 radical (unpaired) electrons. The van der Waals surface area contributed by atoms with Crippen LogP contribution in [0.3, 0.4) is 0 Å². The Morgan fingerprint density at radius 2 is 1.79 bits per heavy atom. The number of nitrogens with zero attached hydrogens (tertiary/aromatic N) is 4. The Morgan fingerprint density at radius 3 is 2.55 bits per heavy atom. The summed E-state index contributed by atoms with van der Waals surface area (Å²) >= 11 is 7.88. The zero-order valence-corrected chi connectivity index (χ0v) is 20.9.